The van der Waals surface area contributed by atoms with E-state index in [1.807, 2.05) is 59.4 Å². The Hall–Kier alpha value is -2.66. The van der Waals surface area contributed by atoms with Gasteiger partial charge in [-0.1, -0.05) is 18.2 Å². The number of benzene rings is 2. The lowest BCUT2D eigenvalue weighted by molar-refractivity contribution is -0.119. The quantitative estimate of drug-likeness (QED) is 0.809. The predicted octanol–water partition coefficient (Wildman–Crippen LogP) is 3.00. The molecule has 23 heavy (non-hydrogen) atoms. The van der Waals surface area contributed by atoms with Crippen molar-refractivity contribution in [3.8, 4) is 5.69 Å². The molecule has 1 aliphatic rings. The second-order valence-corrected chi connectivity index (χ2v) is 5.71. The minimum atomic E-state index is -0.0373. The van der Waals surface area contributed by atoms with Gasteiger partial charge in [-0.05, 0) is 36.8 Å². The molecule has 116 valence electrons. The molecule has 0 aliphatic carbocycles. The number of ether oxygens (including phenoxy) is 1. The summed E-state index contributed by atoms with van der Waals surface area (Å²) in [5, 5.41) is 8.48. The molecule has 4 rings (SSSR count). The number of carbonyl (C=O) groups is 1. The van der Waals surface area contributed by atoms with Crippen LogP contribution in [-0.4, -0.2) is 28.9 Å². The summed E-state index contributed by atoms with van der Waals surface area (Å²) >= 11 is 0. The molecular formula is C18H17N3O2. The molecule has 0 saturated carbocycles. The summed E-state index contributed by atoms with van der Waals surface area (Å²) in [6, 6.07) is 15.8. The van der Waals surface area contributed by atoms with Gasteiger partial charge in [0, 0.05) is 17.7 Å². The zero-order valence-corrected chi connectivity index (χ0v) is 12.6. The number of carbonyl (C=O) groups excluding carboxylic acids is 1. The highest BCUT2D eigenvalue weighted by atomic mass is 16.5. The van der Waals surface area contributed by atoms with E-state index in [4.69, 9.17) is 4.74 Å². The summed E-state index contributed by atoms with van der Waals surface area (Å²) in [5.74, 6) is -0.00970. The molecule has 2 aromatic carbocycles. The van der Waals surface area contributed by atoms with Crippen molar-refractivity contribution in [3.63, 3.8) is 0 Å². The fourth-order valence-electron chi connectivity index (χ4n) is 2.85. The Balaban J connectivity index is 1.55. The molecule has 1 amide bonds. The maximum absolute atomic E-state index is 12.1. The van der Waals surface area contributed by atoms with Crippen LogP contribution in [0.1, 0.15) is 6.42 Å². The SMILES string of the molecule is O=C(Nc1ccc(-n2ncc3ccccc32)cc1)[C@H]1CCOC1. The molecule has 1 fully saturated rings. The number of rotatable bonds is 3. The first-order valence-corrected chi connectivity index (χ1v) is 7.73. The molecule has 1 N–H and O–H groups in total. The van der Waals surface area contributed by atoms with Gasteiger partial charge in [0.25, 0.3) is 0 Å². The lowest BCUT2D eigenvalue weighted by atomic mass is 10.1. The fraction of sp³-hybridized carbons (Fsp3) is 0.222. The van der Waals surface area contributed by atoms with E-state index in [-0.39, 0.29) is 11.8 Å². The van der Waals surface area contributed by atoms with Crippen LogP contribution in [0.4, 0.5) is 5.69 Å². The van der Waals surface area contributed by atoms with E-state index in [2.05, 4.69) is 10.4 Å². The zero-order chi connectivity index (χ0) is 15.6. The van der Waals surface area contributed by atoms with Gasteiger partial charge in [-0.15, -0.1) is 0 Å². The Morgan fingerprint density at radius 1 is 1.17 bits per heavy atom. The van der Waals surface area contributed by atoms with Gasteiger partial charge in [-0.3, -0.25) is 4.79 Å². The summed E-state index contributed by atoms with van der Waals surface area (Å²) < 4.78 is 7.15. The number of aromatic nitrogens is 2. The van der Waals surface area contributed by atoms with Crippen LogP contribution in [-0.2, 0) is 9.53 Å². The summed E-state index contributed by atoms with van der Waals surface area (Å²) in [6.07, 6.45) is 2.65. The lowest BCUT2D eigenvalue weighted by Gasteiger charge is -2.10. The molecule has 1 atom stereocenters. The van der Waals surface area contributed by atoms with Gasteiger partial charge in [-0.25, -0.2) is 4.68 Å². The van der Waals surface area contributed by atoms with Gasteiger partial charge in [0.2, 0.25) is 5.91 Å². The van der Waals surface area contributed by atoms with Gasteiger partial charge >= 0.3 is 0 Å². The molecule has 0 radical (unpaired) electrons. The first kappa shape index (κ1) is 14.0. The van der Waals surface area contributed by atoms with E-state index < -0.39 is 0 Å². The van der Waals surface area contributed by atoms with Crippen LogP contribution < -0.4 is 5.32 Å². The van der Waals surface area contributed by atoms with Crippen molar-refractivity contribution in [2.24, 2.45) is 5.92 Å². The monoisotopic (exact) mass is 307 g/mol. The summed E-state index contributed by atoms with van der Waals surface area (Å²) in [5.41, 5.74) is 2.82. The van der Waals surface area contributed by atoms with Crippen molar-refractivity contribution < 1.29 is 9.53 Å². The highest BCUT2D eigenvalue weighted by molar-refractivity contribution is 5.92. The van der Waals surface area contributed by atoms with E-state index in [1.54, 1.807) is 0 Å². The topological polar surface area (TPSA) is 56.2 Å². The highest BCUT2D eigenvalue weighted by Gasteiger charge is 2.23. The summed E-state index contributed by atoms with van der Waals surface area (Å²) in [4.78, 5) is 12.1. The van der Waals surface area contributed by atoms with E-state index >= 15 is 0 Å². The lowest BCUT2D eigenvalue weighted by Crippen LogP contribution is -2.22. The van der Waals surface area contributed by atoms with Crippen LogP contribution in [0, 0.1) is 5.92 Å². The molecular weight excluding hydrogens is 290 g/mol. The van der Waals surface area contributed by atoms with Crippen LogP contribution in [0.3, 0.4) is 0 Å². The Morgan fingerprint density at radius 3 is 2.78 bits per heavy atom. The largest absolute Gasteiger partial charge is 0.381 e. The third-order valence-electron chi connectivity index (χ3n) is 4.16. The zero-order valence-electron chi connectivity index (χ0n) is 12.6. The molecule has 1 aromatic heterocycles. The predicted molar refractivity (Wildman–Crippen MR) is 88.6 cm³/mol. The van der Waals surface area contributed by atoms with Crippen LogP contribution >= 0.6 is 0 Å². The minimum Gasteiger partial charge on any atom is -0.381 e. The summed E-state index contributed by atoms with van der Waals surface area (Å²) in [7, 11) is 0. The Bertz CT molecular complexity index is 833. The normalized spacial score (nSPS) is 17.5. The van der Waals surface area contributed by atoms with Crippen LogP contribution in [0.15, 0.2) is 54.7 Å². The highest BCUT2D eigenvalue weighted by Crippen LogP contribution is 2.20. The maximum atomic E-state index is 12.1. The molecule has 0 unspecified atom stereocenters. The van der Waals surface area contributed by atoms with Gasteiger partial charge in [0.1, 0.15) is 0 Å². The van der Waals surface area contributed by atoms with Gasteiger partial charge in [0.05, 0.1) is 29.9 Å². The van der Waals surface area contributed by atoms with Crippen LogP contribution in [0.2, 0.25) is 0 Å². The molecule has 5 nitrogen and oxygen atoms in total. The Morgan fingerprint density at radius 2 is 2.00 bits per heavy atom. The standard InChI is InChI=1S/C18H17N3O2/c22-18(14-9-10-23-12-14)20-15-5-7-16(8-6-15)21-17-4-2-1-3-13(17)11-19-21/h1-8,11,14H,9-10,12H2,(H,20,22)/t14-/m0/s1. The number of nitrogens with one attached hydrogen (secondary N) is 1. The number of amides is 1. The van der Waals surface area contributed by atoms with Crippen LogP contribution in [0.5, 0.6) is 0 Å². The van der Waals surface area contributed by atoms with E-state index in [9.17, 15) is 4.79 Å². The number of nitrogens with zero attached hydrogens (tertiary/aromatic N) is 2. The maximum Gasteiger partial charge on any atom is 0.229 e. The molecule has 1 aliphatic heterocycles. The average Bonchev–Trinajstić information content (AvgIpc) is 3.25. The Labute approximate surface area is 133 Å². The molecule has 5 heteroatoms. The van der Waals surface area contributed by atoms with Crippen LogP contribution in [0.25, 0.3) is 16.6 Å². The number of fused-ring (bicyclic) bond motifs is 1. The number of hydrogen-bond donors (Lipinski definition) is 1. The molecule has 1 saturated heterocycles. The molecule has 3 aromatic rings. The molecule has 0 bridgehead atoms. The first-order chi connectivity index (χ1) is 11.3. The van der Waals surface area contributed by atoms with Crippen molar-refractivity contribution in [1.29, 1.82) is 0 Å². The van der Waals surface area contributed by atoms with Crippen molar-refractivity contribution in [2.45, 2.75) is 6.42 Å². The molecule has 0 spiro atoms. The van der Waals surface area contributed by atoms with Gasteiger partial charge < -0.3 is 10.1 Å². The second-order valence-electron chi connectivity index (χ2n) is 5.71. The first-order valence-electron chi connectivity index (χ1n) is 7.73. The van der Waals surface area contributed by atoms with Crippen molar-refractivity contribution in [3.05, 3.63) is 54.7 Å². The smallest absolute Gasteiger partial charge is 0.229 e. The van der Waals surface area contributed by atoms with Crippen molar-refractivity contribution in [2.75, 3.05) is 18.5 Å². The fourth-order valence-corrected chi connectivity index (χ4v) is 2.85. The summed E-state index contributed by atoms with van der Waals surface area (Å²) in [6.45, 7) is 1.19. The van der Waals surface area contributed by atoms with Gasteiger partial charge in [0.15, 0.2) is 0 Å². The average molecular weight is 307 g/mol. The minimum absolute atomic E-state index is 0.0276. The Kier molecular flexibility index (Phi) is 3.55. The van der Waals surface area contributed by atoms with Crippen molar-refractivity contribution >= 4 is 22.5 Å². The number of para-hydroxylation sites is 1. The van der Waals surface area contributed by atoms with Crippen molar-refractivity contribution in [1.82, 2.24) is 9.78 Å². The van der Waals surface area contributed by atoms with E-state index in [1.165, 1.54) is 0 Å². The van der Waals surface area contributed by atoms with Gasteiger partial charge in [-0.2, -0.15) is 5.10 Å². The number of anilines is 1. The number of hydrogen-bond acceptors (Lipinski definition) is 3. The van der Waals surface area contributed by atoms with E-state index in [0.29, 0.717) is 13.2 Å². The second kappa shape index (κ2) is 5.85. The molecule has 2 heterocycles. The third kappa shape index (κ3) is 2.71. The van der Waals surface area contributed by atoms with E-state index in [0.717, 1.165) is 28.7 Å². The third-order valence-corrected chi connectivity index (χ3v) is 4.16.